The molecule has 0 saturated carbocycles. The second-order valence-electron chi connectivity index (χ2n) is 5.07. The van der Waals surface area contributed by atoms with Crippen molar-refractivity contribution < 1.29 is 4.74 Å². The van der Waals surface area contributed by atoms with E-state index in [1.807, 2.05) is 6.07 Å². The molecule has 1 aromatic carbocycles. The maximum atomic E-state index is 5.71. The van der Waals surface area contributed by atoms with Crippen LogP contribution in [0.25, 0.3) is 10.2 Å². The summed E-state index contributed by atoms with van der Waals surface area (Å²) in [5.74, 6) is 0. The molecular formula is C13H17N3OS. The van der Waals surface area contributed by atoms with E-state index < -0.39 is 0 Å². The molecular weight excluding hydrogens is 246 g/mol. The van der Waals surface area contributed by atoms with Gasteiger partial charge in [0.25, 0.3) is 0 Å². The smallest absolute Gasteiger partial charge is 0.181 e. The van der Waals surface area contributed by atoms with Gasteiger partial charge in [-0.05, 0) is 31.0 Å². The van der Waals surface area contributed by atoms with Crippen LogP contribution in [0.3, 0.4) is 0 Å². The first-order chi connectivity index (χ1) is 8.65. The molecule has 3 N–H and O–H groups in total. The number of hydrogen-bond acceptors (Lipinski definition) is 5. The first-order valence-electron chi connectivity index (χ1n) is 6.12. The van der Waals surface area contributed by atoms with Crippen LogP contribution in [0.5, 0.6) is 0 Å². The molecule has 1 atom stereocenters. The molecule has 4 nitrogen and oxygen atoms in total. The quantitative estimate of drug-likeness (QED) is 0.890. The predicted molar refractivity (Wildman–Crippen MR) is 74.7 cm³/mol. The standard InChI is InChI=1S/C13H17N3OS/c1-13(4-5-17-8-13)15-7-9-2-3-10-11(6-9)18-12(14)16-10/h2-3,6,15H,4-5,7-8H2,1H3,(H2,14,16). The minimum absolute atomic E-state index is 0.113. The van der Waals surface area contributed by atoms with Crippen LogP contribution in [0.15, 0.2) is 18.2 Å². The van der Waals surface area contributed by atoms with Gasteiger partial charge in [-0.3, -0.25) is 0 Å². The van der Waals surface area contributed by atoms with Crippen molar-refractivity contribution in [2.75, 3.05) is 18.9 Å². The third-order valence-electron chi connectivity index (χ3n) is 3.41. The largest absolute Gasteiger partial charge is 0.379 e. The number of anilines is 1. The van der Waals surface area contributed by atoms with Gasteiger partial charge in [-0.1, -0.05) is 17.4 Å². The van der Waals surface area contributed by atoms with Gasteiger partial charge in [0.05, 0.1) is 16.8 Å². The summed E-state index contributed by atoms with van der Waals surface area (Å²) in [4.78, 5) is 4.26. The van der Waals surface area contributed by atoms with E-state index in [1.54, 1.807) is 0 Å². The van der Waals surface area contributed by atoms with Gasteiger partial charge in [0.1, 0.15) is 0 Å². The van der Waals surface area contributed by atoms with Gasteiger partial charge < -0.3 is 15.8 Å². The molecule has 0 amide bonds. The summed E-state index contributed by atoms with van der Waals surface area (Å²) in [6, 6.07) is 6.30. The molecule has 1 aromatic heterocycles. The van der Waals surface area contributed by atoms with Crippen molar-refractivity contribution in [3.8, 4) is 0 Å². The molecule has 0 aliphatic carbocycles. The first kappa shape index (κ1) is 11.9. The van der Waals surface area contributed by atoms with Crippen molar-refractivity contribution >= 4 is 26.7 Å². The Balaban J connectivity index is 1.74. The highest BCUT2D eigenvalue weighted by atomic mass is 32.1. The van der Waals surface area contributed by atoms with Gasteiger partial charge in [0.15, 0.2) is 5.13 Å². The fraction of sp³-hybridized carbons (Fsp3) is 0.462. The molecule has 0 bridgehead atoms. The maximum absolute atomic E-state index is 5.71. The van der Waals surface area contributed by atoms with Gasteiger partial charge in [0.2, 0.25) is 0 Å². The molecule has 18 heavy (non-hydrogen) atoms. The number of nitrogen functional groups attached to an aromatic ring is 1. The monoisotopic (exact) mass is 263 g/mol. The molecule has 2 aromatic rings. The zero-order valence-corrected chi connectivity index (χ0v) is 11.2. The van der Waals surface area contributed by atoms with Crippen LogP contribution in [0.4, 0.5) is 5.13 Å². The Bertz CT molecular complexity index is 560. The number of nitrogens with one attached hydrogen (secondary N) is 1. The summed E-state index contributed by atoms with van der Waals surface area (Å²) in [6.07, 6.45) is 1.07. The van der Waals surface area contributed by atoms with Crippen LogP contribution < -0.4 is 11.1 Å². The number of ether oxygens (including phenoxy) is 1. The zero-order valence-electron chi connectivity index (χ0n) is 10.4. The molecule has 3 rings (SSSR count). The van der Waals surface area contributed by atoms with E-state index in [0.29, 0.717) is 5.13 Å². The second-order valence-corrected chi connectivity index (χ2v) is 6.13. The SMILES string of the molecule is CC1(NCc2ccc3nc(N)sc3c2)CCOC1. The molecule has 1 aliphatic heterocycles. The minimum atomic E-state index is 0.113. The molecule has 5 heteroatoms. The molecule has 1 fully saturated rings. The lowest BCUT2D eigenvalue weighted by molar-refractivity contribution is 0.171. The number of hydrogen-bond donors (Lipinski definition) is 2. The minimum Gasteiger partial charge on any atom is -0.379 e. The highest BCUT2D eigenvalue weighted by Gasteiger charge is 2.28. The Labute approximate surface area is 110 Å². The van der Waals surface area contributed by atoms with Crippen molar-refractivity contribution in [1.29, 1.82) is 0 Å². The fourth-order valence-electron chi connectivity index (χ4n) is 2.22. The third-order valence-corrected chi connectivity index (χ3v) is 4.25. The van der Waals surface area contributed by atoms with E-state index in [4.69, 9.17) is 10.5 Å². The normalized spacial score (nSPS) is 23.8. The van der Waals surface area contributed by atoms with Crippen molar-refractivity contribution in [2.24, 2.45) is 0 Å². The van der Waals surface area contributed by atoms with Crippen LogP contribution in [0.2, 0.25) is 0 Å². The van der Waals surface area contributed by atoms with Crippen molar-refractivity contribution in [2.45, 2.75) is 25.4 Å². The molecule has 0 spiro atoms. The molecule has 96 valence electrons. The Morgan fingerprint density at radius 2 is 2.44 bits per heavy atom. The Hall–Kier alpha value is -1.17. The molecule has 1 unspecified atom stereocenters. The van der Waals surface area contributed by atoms with Gasteiger partial charge in [0, 0.05) is 18.7 Å². The lowest BCUT2D eigenvalue weighted by Gasteiger charge is -2.23. The highest BCUT2D eigenvalue weighted by molar-refractivity contribution is 7.22. The van der Waals surface area contributed by atoms with Crippen molar-refractivity contribution in [1.82, 2.24) is 10.3 Å². The lowest BCUT2D eigenvalue weighted by Crippen LogP contribution is -2.42. The maximum Gasteiger partial charge on any atom is 0.181 e. The third kappa shape index (κ3) is 2.34. The van der Waals surface area contributed by atoms with E-state index in [1.165, 1.54) is 16.9 Å². The second kappa shape index (κ2) is 4.50. The number of fused-ring (bicyclic) bond motifs is 1. The molecule has 1 saturated heterocycles. The average molecular weight is 263 g/mol. The molecule has 1 aliphatic rings. The highest BCUT2D eigenvalue weighted by Crippen LogP contribution is 2.25. The number of nitrogens with two attached hydrogens (primary N) is 1. The number of nitrogens with zero attached hydrogens (tertiary/aromatic N) is 1. The Morgan fingerprint density at radius 3 is 3.22 bits per heavy atom. The Morgan fingerprint density at radius 1 is 1.56 bits per heavy atom. The number of thiazole rings is 1. The summed E-state index contributed by atoms with van der Waals surface area (Å²) >= 11 is 1.54. The van der Waals surface area contributed by atoms with Crippen molar-refractivity contribution in [3.05, 3.63) is 23.8 Å². The molecule has 2 heterocycles. The Kier molecular flexibility index (Phi) is 2.97. The summed E-state index contributed by atoms with van der Waals surface area (Å²) in [5, 5.41) is 4.20. The van der Waals surface area contributed by atoms with Gasteiger partial charge in [-0.25, -0.2) is 4.98 Å². The van der Waals surface area contributed by atoms with Crippen LogP contribution >= 0.6 is 11.3 Å². The average Bonchev–Trinajstić information content (AvgIpc) is 2.92. The topological polar surface area (TPSA) is 60.2 Å². The van der Waals surface area contributed by atoms with E-state index >= 15 is 0 Å². The van der Waals surface area contributed by atoms with Crippen LogP contribution in [-0.4, -0.2) is 23.7 Å². The van der Waals surface area contributed by atoms with E-state index in [9.17, 15) is 0 Å². The fourth-order valence-corrected chi connectivity index (χ4v) is 3.02. The summed E-state index contributed by atoms with van der Waals surface area (Å²) in [5.41, 5.74) is 8.07. The van der Waals surface area contributed by atoms with Crippen LogP contribution in [-0.2, 0) is 11.3 Å². The van der Waals surface area contributed by atoms with E-state index in [-0.39, 0.29) is 5.54 Å². The first-order valence-corrected chi connectivity index (χ1v) is 6.94. The van der Waals surface area contributed by atoms with E-state index in [0.717, 1.165) is 36.4 Å². The van der Waals surface area contributed by atoms with Gasteiger partial charge in [-0.2, -0.15) is 0 Å². The predicted octanol–water partition coefficient (Wildman–Crippen LogP) is 2.15. The molecule has 0 radical (unpaired) electrons. The number of benzene rings is 1. The lowest BCUT2D eigenvalue weighted by atomic mass is 10.0. The van der Waals surface area contributed by atoms with E-state index in [2.05, 4.69) is 29.4 Å². The summed E-state index contributed by atoms with van der Waals surface area (Å²) in [6.45, 7) is 4.72. The van der Waals surface area contributed by atoms with Gasteiger partial charge in [-0.15, -0.1) is 0 Å². The van der Waals surface area contributed by atoms with Crippen LogP contribution in [0.1, 0.15) is 18.9 Å². The number of rotatable bonds is 3. The summed E-state index contributed by atoms with van der Waals surface area (Å²) < 4.78 is 6.59. The zero-order chi connectivity index (χ0) is 12.6. The summed E-state index contributed by atoms with van der Waals surface area (Å²) in [7, 11) is 0. The van der Waals surface area contributed by atoms with Crippen molar-refractivity contribution in [3.63, 3.8) is 0 Å². The number of aromatic nitrogens is 1. The van der Waals surface area contributed by atoms with Crippen LogP contribution in [0, 0.1) is 0 Å². The van der Waals surface area contributed by atoms with Gasteiger partial charge >= 0.3 is 0 Å².